The summed E-state index contributed by atoms with van der Waals surface area (Å²) in [7, 11) is 0. The van der Waals surface area contributed by atoms with Crippen LogP contribution in [0.1, 0.15) is 22.8 Å². The van der Waals surface area contributed by atoms with E-state index in [2.05, 4.69) is 5.32 Å². The molecule has 0 aliphatic carbocycles. The maximum atomic E-state index is 12.1. The van der Waals surface area contributed by atoms with E-state index in [0.29, 0.717) is 5.56 Å². The molecule has 0 heterocycles. The summed E-state index contributed by atoms with van der Waals surface area (Å²) < 4.78 is 5.10. The minimum Gasteiger partial charge on any atom is -0.449 e. The number of carbonyl (C=O) groups is 2. The molecule has 0 bridgehead atoms. The number of nitrogens with zero attached hydrogens (tertiary/aromatic N) is 1. The van der Waals surface area contributed by atoms with Gasteiger partial charge in [-0.2, -0.15) is 0 Å². The second-order valence-corrected chi connectivity index (χ2v) is 5.73. The third-order valence-electron chi connectivity index (χ3n) is 3.36. The van der Waals surface area contributed by atoms with Crippen LogP contribution in [0.2, 0.25) is 5.02 Å². The zero-order valence-electron chi connectivity index (χ0n) is 13.5. The van der Waals surface area contributed by atoms with Crippen molar-refractivity contribution < 1.29 is 19.2 Å². The normalized spacial score (nSPS) is 11.5. The standard InChI is InChI=1S/C17H15ClN2O5/c1-10-3-5-12(6-4-10)17(22)25-11(2)16(21)19-15-9-13(20(23)24)7-8-14(15)18/h3-9,11H,1-2H3,(H,19,21). The average molecular weight is 363 g/mol. The van der Waals surface area contributed by atoms with Crippen LogP contribution in [0, 0.1) is 17.0 Å². The molecule has 0 aliphatic heterocycles. The van der Waals surface area contributed by atoms with Crippen molar-refractivity contribution in [3.05, 3.63) is 68.7 Å². The van der Waals surface area contributed by atoms with Crippen molar-refractivity contribution in [2.75, 3.05) is 5.32 Å². The third kappa shape index (κ3) is 4.77. The Morgan fingerprint density at radius 3 is 2.44 bits per heavy atom. The van der Waals surface area contributed by atoms with Gasteiger partial charge in [0.05, 0.1) is 21.2 Å². The van der Waals surface area contributed by atoms with Crippen LogP contribution in [0.15, 0.2) is 42.5 Å². The number of carbonyl (C=O) groups excluding carboxylic acids is 2. The second kappa shape index (κ2) is 7.76. The molecule has 1 unspecified atom stereocenters. The van der Waals surface area contributed by atoms with Crippen molar-refractivity contribution in [3.8, 4) is 0 Å². The molecule has 0 aliphatic rings. The molecule has 1 N–H and O–H groups in total. The number of halogens is 1. The monoisotopic (exact) mass is 362 g/mol. The lowest BCUT2D eigenvalue weighted by molar-refractivity contribution is -0.384. The highest BCUT2D eigenvalue weighted by molar-refractivity contribution is 6.33. The topological polar surface area (TPSA) is 98.5 Å². The summed E-state index contributed by atoms with van der Waals surface area (Å²) in [4.78, 5) is 34.4. The number of nitro benzene ring substituents is 1. The van der Waals surface area contributed by atoms with Gasteiger partial charge in [-0.1, -0.05) is 29.3 Å². The summed E-state index contributed by atoms with van der Waals surface area (Å²) >= 11 is 5.92. The number of esters is 1. The number of non-ortho nitro benzene ring substituents is 1. The van der Waals surface area contributed by atoms with Gasteiger partial charge in [0.1, 0.15) is 0 Å². The predicted octanol–water partition coefficient (Wildman–Crippen LogP) is 3.74. The second-order valence-electron chi connectivity index (χ2n) is 5.32. The molecule has 0 saturated carbocycles. The van der Waals surface area contributed by atoms with E-state index in [4.69, 9.17) is 16.3 Å². The summed E-state index contributed by atoms with van der Waals surface area (Å²) in [5.74, 6) is -1.30. The number of rotatable bonds is 5. The van der Waals surface area contributed by atoms with E-state index in [1.807, 2.05) is 6.92 Å². The molecule has 0 aromatic heterocycles. The number of nitrogens with one attached hydrogen (secondary N) is 1. The van der Waals surface area contributed by atoms with Crippen LogP contribution in [0.4, 0.5) is 11.4 Å². The maximum Gasteiger partial charge on any atom is 0.338 e. The van der Waals surface area contributed by atoms with Crippen LogP contribution >= 0.6 is 11.6 Å². The van der Waals surface area contributed by atoms with Crippen molar-refractivity contribution >= 4 is 34.9 Å². The van der Waals surface area contributed by atoms with E-state index in [0.717, 1.165) is 11.6 Å². The molecule has 2 rings (SSSR count). The molecule has 1 atom stereocenters. The Hall–Kier alpha value is -2.93. The maximum absolute atomic E-state index is 12.1. The van der Waals surface area contributed by atoms with Crippen LogP contribution in [0.25, 0.3) is 0 Å². The number of ether oxygens (including phenoxy) is 1. The van der Waals surface area contributed by atoms with Gasteiger partial charge in [0.25, 0.3) is 11.6 Å². The van der Waals surface area contributed by atoms with Crippen LogP contribution in [-0.2, 0) is 9.53 Å². The Morgan fingerprint density at radius 2 is 1.84 bits per heavy atom. The molecular weight excluding hydrogens is 348 g/mol. The van der Waals surface area contributed by atoms with Gasteiger partial charge in [-0.3, -0.25) is 14.9 Å². The minimum atomic E-state index is -1.11. The Labute approximate surface area is 148 Å². The first-order valence-corrected chi connectivity index (χ1v) is 7.68. The van der Waals surface area contributed by atoms with Gasteiger partial charge in [-0.05, 0) is 32.0 Å². The average Bonchev–Trinajstić information content (AvgIpc) is 2.57. The van der Waals surface area contributed by atoms with Gasteiger partial charge in [0, 0.05) is 12.1 Å². The molecule has 0 fully saturated rings. The first kappa shape index (κ1) is 18.4. The fourth-order valence-corrected chi connectivity index (χ4v) is 2.09. The third-order valence-corrected chi connectivity index (χ3v) is 3.69. The van der Waals surface area contributed by atoms with Crippen molar-refractivity contribution in [2.45, 2.75) is 20.0 Å². The molecule has 2 aromatic rings. The lowest BCUT2D eigenvalue weighted by atomic mass is 10.1. The smallest absolute Gasteiger partial charge is 0.338 e. The molecule has 130 valence electrons. The lowest BCUT2D eigenvalue weighted by Crippen LogP contribution is -2.30. The summed E-state index contributed by atoms with van der Waals surface area (Å²) in [6.07, 6.45) is -1.11. The number of anilines is 1. The van der Waals surface area contributed by atoms with Crippen molar-refractivity contribution in [2.24, 2.45) is 0 Å². The van der Waals surface area contributed by atoms with Crippen LogP contribution < -0.4 is 5.32 Å². The van der Waals surface area contributed by atoms with Crippen molar-refractivity contribution in [1.82, 2.24) is 0 Å². The summed E-state index contributed by atoms with van der Waals surface area (Å²) in [6.45, 7) is 3.28. The van der Waals surface area contributed by atoms with E-state index in [9.17, 15) is 19.7 Å². The van der Waals surface area contributed by atoms with E-state index in [1.54, 1.807) is 24.3 Å². The minimum absolute atomic E-state index is 0.0686. The molecule has 1 amide bonds. The first-order chi connectivity index (χ1) is 11.8. The number of nitro groups is 1. The molecule has 8 heteroatoms. The zero-order valence-corrected chi connectivity index (χ0v) is 14.2. The summed E-state index contributed by atoms with van der Waals surface area (Å²) in [5.41, 5.74) is 1.16. The molecule has 0 radical (unpaired) electrons. The van der Waals surface area contributed by atoms with Crippen LogP contribution in [0.5, 0.6) is 0 Å². The fourth-order valence-electron chi connectivity index (χ4n) is 1.93. The first-order valence-electron chi connectivity index (χ1n) is 7.30. The van der Waals surface area contributed by atoms with Gasteiger partial charge in [0.15, 0.2) is 6.10 Å². The molecule has 0 saturated heterocycles. The van der Waals surface area contributed by atoms with Gasteiger partial charge in [-0.25, -0.2) is 4.79 Å². The molecular formula is C17H15ClN2O5. The largest absolute Gasteiger partial charge is 0.449 e. The predicted molar refractivity (Wildman–Crippen MR) is 92.8 cm³/mol. The Bertz CT molecular complexity index is 820. The van der Waals surface area contributed by atoms with E-state index >= 15 is 0 Å². The molecule has 2 aromatic carbocycles. The van der Waals surface area contributed by atoms with Crippen LogP contribution in [0.3, 0.4) is 0 Å². The lowest BCUT2D eigenvalue weighted by Gasteiger charge is -2.14. The number of benzene rings is 2. The molecule has 7 nitrogen and oxygen atoms in total. The number of hydrogen-bond donors (Lipinski definition) is 1. The SMILES string of the molecule is Cc1ccc(C(=O)OC(C)C(=O)Nc2cc([N+](=O)[O-])ccc2Cl)cc1. The number of hydrogen-bond acceptors (Lipinski definition) is 5. The van der Waals surface area contributed by atoms with Crippen molar-refractivity contribution in [3.63, 3.8) is 0 Å². The van der Waals surface area contributed by atoms with E-state index in [-0.39, 0.29) is 16.4 Å². The molecule has 25 heavy (non-hydrogen) atoms. The fraction of sp³-hybridized carbons (Fsp3) is 0.176. The van der Waals surface area contributed by atoms with Gasteiger partial charge >= 0.3 is 5.97 Å². The summed E-state index contributed by atoms with van der Waals surface area (Å²) in [5, 5.41) is 13.3. The Morgan fingerprint density at radius 1 is 1.20 bits per heavy atom. The quantitative estimate of drug-likeness (QED) is 0.496. The highest BCUT2D eigenvalue weighted by Gasteiger charge is 2.20. The van der Waals surface area contributed by atoms with Gasteiger partial charge in [-0.15, -0.1) is 0 Å². The van der Waals surface area contributed by atoms with Crippen molar-refractivity contribution in [1.29, 1.82) is 0 Å². The van der Waals surface area contributed by atoms with Gasteiger partial charge < -0.3 is 10.1 Å². The zero-order chi connectivity index (χ0) is 18.6. The number of amides is 1. The highest BCUT2D eigenvalue weighted by atomic mass is 35.5. The van der Waals surface area contributed by atoms with E-state index in [1.165, 1.54) is 19.1 Å². The summed E-state index contributed by atoms with van der Waals surface area (Å²) in [6, 6.07) is 10.4. The Kier molecular flexibility index (Phi) is 5.71. The van der Waals surface area contributed by atoms with Crippen LogP contribution in [-0.4, -0.2) is 22.9 Å². The number of aryl methyl sites for hydroxylation is 1. The van der Waals surface area contributed by atoms with E-state index < -0.39 is 22.9 Å². The van der Waals surface area contributed by atoms with Gasteiger partial charge in [0.2, 0.25) is 0 Å². The highest BCUT2D eigenvalue weighted by Crippen LogP contribution is 2.26. The molecule has 0 spiro atoms. The Balaban J connectivity index is 2.05.